The Kier molecular flexibility index (Phi) is 6.48. The van der Waals surface area contributed by atoms with E-state index < -0.39 is 9.84 Å². The summed E-state index contributed by atoms with van der Waals surface area (Å²) < 4.78 is 29.8. The van der Waals surface area contributed by atoms with Crippen molar-refractivity contribution in [3.05, 3.63) is 65.7 Å². The number of urea groups is 1. The van der Waals surface area contributed by atoms with Crippen LogP contribution in [0.2, 0.25) is 0 Å². The van der Waals surface area contributed by atoms with Crippen molar-refractivity contribution >= 4 is 15.9 Å². The molecule has 0 saturated carbocycles. The second-order valence-electron chi connectivity index (χ2n) is 8.26. The molecule has 4 rings (SSSR count). The fraction of sp³-hybridized carbons (Fsp3) is 0.435. The molecule has 2 fully saturated rings. The zero-order valence-electron chi connectivity index (χ0n) is 17.5. The van der Waals surface area contributed by atoms with Gasteiger partial charge in [-0.2, -0.15) is 0 Å². The minimum absolute atomic E-state index is 0.0283. The van der Waals surface area contributed by atoms with Gasteiger partial charge in [0.2, 0.25) is 0 Å². The monoisotopic (exact) mass is 443 g/mol. The zero-order valence-corrected chi connectivity index (χ0v) is 18.3. The molecule has 2 amide bonds. The average molecular weight is 444 g/mol. The Labute approximate surface area is 183 Å². The number of hydrogen-bond acceptors (Lipinski definition) is 5. The minimum atomic E-state index is -3.04. The molecule has 2 heterocycles. The van der Waals surface area contributed by atoms with Crippen molar-refractivity contribution in [3.8, 4) is 5.75 Å². The van der Waals surface area contributed by atoms with E-state index >= 15 is 0 Å². The number of nitrogens with zero attached hydrogens (tertiary/aromatic N) is 2. The van der Waals surface area contributed by atoms with Gasteiger partial charge >= 0.3 is 6.03 Å². The van der Waals surface area contributed by atoms with Crippen molar-refractivity contribution in [1.82, 2.24) is 9.80 Å². The average Bonchev–Trinajstić information content (AvgIpc) is 2.79. The van der Waals surface area contributed by atoms with E-state index in [1.165, 1.54) is 5.56 Å². The smallest absolute Gasteiger partial charge is 0.320 e. The van der Waals surface area contributed by atoms with Crippen molar-refractivity contribution in [1.29, 1.82) is 0 Å². The third-order valence-corrected chi connectivity index (χ3v) is 7.61. The fourth-order valence-electron chi connectivity index (χ4n) is 4.30. The third-order valence-electron chi connectivity index (χ3n) is 6.01. The zero-order chi connectivity index (χ0) is 21.8. The lowest BCUT2D eigenvalue weighted by molar-refractivity contribution is 0.0762. The van der Waals surface area contributed by atoms with Gasteiger partial charge in [-0.05, 0) is 29.7 Å². The number of ether oxygens (including phenoxy) is 1. The largest absolute Gasteiger partial charge is 0.489 e. The number of carbonyl (C=O) groups is 1. The van der Waals surface area contributed by atoms with E-state index in [0.717, 1.165) is 17.7 Å². The second-order valence-corrected chi connectivity index (χ2v) is 10.6. The van der Waals surface area contributed by atoms with Crippen LogP contribution in [0, 0.1) is 0 Å². The highest BCUT2D eigenvalue weighted by molar-refractivity contribution is 7.91. The van der Waals surface area contributed by atoms with Crippen molar-refractivity contribution in [2.75, 3.05) is 37.7 Å². The maximum Gasteiger partial charge on any atom is 0.320 e. The normalized spacial score (nSPS) is 23.4. The molecule has 31 heavy (non-hydrogen) atoms. The van der Waals surface area contributed by atoms with Crippen LogP contribution in [0.25, 0.3) is 0 Å². The van der Waals surface area contributed by atoms with Crippen LogP contribution in [0.5, 0.6) is 5.75 Å². The second kappa shape index (κ2) is 9.28. The molecular weight excluding hydrogens is 414 g/mol. The molecule has 0 spiro atoms. The molecule has 2 atom stereocenters. The number of carbonyl (C=O) groups excluding carboxylic acids is 1. The quantitative estimate of drug-likeness (QED) is 0.782. The van der Waals surface area contributed by atoms with E-state index in [4.69, 9.17) is 10.5 Å². The summed E-state index contributed by atoms with van der Waals surface area (Å²) in [6, 6.07) is 17.8. The number of hydrogen-bond donors (Lipinski definition) is 1. The van der Waals surface area contributed by atoms with Gasteiger partial charge < -0.3 is 20.3 Å². The molecule has 166 valence electrons. The van der Waals surface area contributed by atoms with Gasteiger partial charge in [-0.25, -0.2) is 13.2 Å². The van der Waals surface area contributed by atoms with Gasteiger partial charge in [0.15, 0.2) is 9.84 Å². The summed E-state index contributed by atoms with van der Waals surface area (Å²) in [4.78, 5) is 16.7. The van der Waals surface area contributed by atoms with Crippen LogP contribution in [0.3, 0.4) is 0 Å². The van der Waals surface area contributed by atoms with Gasteiger partial charge in [-0.15, -0.1) is 0 Å². The van der Waals surface area contributed by atoms with Gasteiger partial charge in [0.1, 0.15) is 11.9 Å². The van der Waals surface area contributed by atoms with E-state index in [1.54, 1.807) is 4.90 Å². The standard InChI is InChI=1S/C23H29N3O4S/c24-15-18-5-4-8-21(13-18)30-22-14-20(19-6-2-1-3-7-19)16-26(17-22)23(27)25-9-11-31(28,29)12-10-25/h1-8,13,20,22H,9-12,14-17,24H2/t20-,22+/m0/s1. The van der Waals surface area contributed by atoms with Crippen molar-refractivity contribution in [3.63, 3.8) is 0 Å². The number of likely N-dealkylation sites (tertiary alicyclic amines) is 1. The van der Waals surface area contributed by atoms with E-state index in [9.17, 15) is 13.2 Å². The molecule has 2 aliphatic heterocycles. The van der Waals surface area contributed by atoms with Crippen LogP contribution in [-0.4, -0.2) is 68.0 Å². The van der Waals surface area contributed by atoms with Gasteiger partial charge in [0, 0.05) is 32.1 Å². The highest BCUT2D eigenvalue weighted by Crippen LogP contribution is 2.30. The summed E-state index contributed by atoms with van der Waals surface area (Å²) in [6.45, 7) is 2.00. The minimum Gasteiger partial charge on any atom is -0.489 e. The molecule has 7 nitrogen and oxygen atoms in total. The Hall–Kier alpha value is -2.58. The van der Waals surface area contributed by atoms with E-state index in [2.05, 4.69) is 12.1 Å². The van der Waals surface area contributed by atoms with E-state index in [1.807, 2.05) is 47.4 Å². The molecule has 8 heteroatoms. The van der Waals surface area contributed by atoms with Crippen LogP contribution in [0.1, 0.15) is 23.5 Å². The molecular formula is C23H29N3O4S. The predicted molar refractivity (Wildman–Crippen MR) is 120 cm³/mol. The first kappa shape index (κ1) is 21.6. The highest BCUT2D eigenvalue weighted by atomic mass is 32.2. The summed E-state index contributed by atoms with van der Waals surface area (Å²) in [6.07, 6.45) is 0.638. The lowest BCUT2D eigenvalue weighted by atomic mass is 9.89. The van der Waals surface area contributed by atoms with Crippen molar-refractivity contribution in [2.24, 2.45) is 5.73 Å². The van der Waals surface area contributed by atoms with Crippen molar-refractivity contribution < 1.29 is 17.9 Å². The Balaban J connectivity index is 1.52. The van der Waals surface area contributed by atoms with Crippen LogP contribution >= 0.6 is 0 Å². The summed E-state index contributed by atoms with van der Waals surface area (Å²) in [5.74, 6) is 0.953. The first-order valence-electron chi connectivity index (χ1n) is 10.7. The van der Waals surface area contributed by atoms with Gasteiger partial charge in [0.25, 0.3) is 0 Å². The third kappa shape index (κ3) is 5.37. The van der Waals surface area contributed by atoms with Crippen molar-refractivity contribution in [2.45, 2.75) is 25.0 Å². The number of piperidine rings is 1. The fourth-order valence-corrected chi connectivity index (χ4v) is 5.50. The lowest BCUT2D eigenvalue weighted by Gasteiger charge is -2.41. The van der Waals surface area contributed by atoms with Crippen LogP contribution < -0.4 is 10.5 Å². The van der Waals surface area contributed by atoms with Gasteiger partial charge in [-0.3, -0.25) is 0 Å². The van der Waals surface area contributed by atoms with Gasteiger partial charge in [0.05, 0.1) is 18.1 Å². The number of nitrogens with two attached hydrogens (primary N) is 1. The molecule has 0 aliphatic carbocycles. The SMILES string of the molecule is NCc1cccc(O[C@@H]2C[C@H](c3ccccc3)CN(C(=O)N3CCS(=O)(=O)CC3)C2)c1. The Bertz CT molecular complexity index is 998. The Morgan fingerprint density at radius 1 is 1.00 bits per heavy atom. The molecule has 2 N–H and O–H groups in total. The number of rotatable bonds is 4. The summed E-state index contributed by atoms with van der Waals surface area (Å²) in [5.41, 5.74) is 7.92. The number of sulfone groups is 1. The molecule has 2 aromatic rings. The van der Waals surface area contributed by atoms with E-state index in [-0.39, 0.29) is 42.6 Å². The Morgan fingerprint density at radius 3 is 2.45 bits per heavy atom. The molecule has 0 radical (unpaired) electrons. The summed E-state index contributed by atoms with van der Waals surface area (Å²) >= 11 is 0. The summed E-state index contributed by atoms with van der Waals surface area (Å²) in [7, 11) is -3.04. The van der Waals surface area contributed by atoms with Gasteiger partial charge in [-0.1, -0.05) is 42.5 Å². The molecule has 2 aliphatic rings. The molecule has 0 bridgehead atoms. The maximum atomic E-state index is 13.2. The summed E-state index contributed by atoms with van der Waals surface area (Å²) in [5, 5.41) is 0. The molecule has 2 aromatic carbocycles. The van der Waals surface area contributed by atoms with Crippen LogP contribution in [-0.2, 0) is 16.4 Å². The number of benzene rings is 2. The molecule has 2 saturated heterocycles. The molecule has 0 unspecified atom stereocenters. The first-order chi connectivity index (χ1) is 14.9. The molecule has 0 aromatic heterocycles. The van der Waals surface area contributed by atoms with Crippen LogP contribution in [0.4, 0.5) is 4.79 Å². The highest BCUT2D eigenvalue weighted by Gasteiger charge is 2.35. The Morgan fingerprint density at radius 2 is 1.74 bits per heavy atom. The lowest BCUT2D eigenvalue weighted by Crippen LogP contribution is -2.55. The number of amides is 2. The van der Waals surface area contributed by atoms with E-state index in [0.29, 0.717) is 19.6 Å². The maximum absolute atomic E-state index is 13.2. The first-order valence-corrected chi connectivity index (χ1v) is 12.5. The topological polar surface area (TPSA) is 92.9 Å². The van der Waals surface area contributed by atoms with Crippen LogP contribution in [0.15, 0.2) is 54.6 Å². The predicted octanol–water partition coefficient (Wildman–Crippen LogP) is 2.23.